The Balaban J connectivity index is 5.16. The van der Waals surface area contributed by atoms with E-state index in [4.69, 9.17) is 37.0 Å². The van der Waals surface area contributed by atoms with Crippen LogP contribution in [-0.4, -0.2) is 96.7 Å². The Morgan fingerprint density at radius 1 is 0.289 bits per heavy atom. The highest BCUT2D eigenvalue weighted by molar-refractivity contribution is 7.47. The predicted molar refractivity (Wildman–Crippen MR) is 395 cm³/mol. The van der Waals surface area contributed by atoms with Crippen LogP contribution < -0.4 is 0 Å². The van der Waals surface area contributed by atoms with Gasteiger partial charge in [-0.3, -0.25) is 37.3 Å². The van der Waals surface area contributed by atoms with E-state index in [1.165, 1.54) is 231 Å². The van der Waals surface area contributed by atoms with Gasteiger partial charge in [0.15, 0.2) is 12.2 Å². The molecule has 6 atom stereocenters. The van der Waals surface area contributed by atoms with Crippen molar-refractivity contribution in [3.8, 4) is 0 Å². The van der Waals surface area contributed by atoms with Crippen LogP contribution in [0.15, 0.2) is 0 Å². The topological polar surface area (TPSA) is 237 Å². The molecule has 0 spiro atoms. The average molecular weight is 1420 g/mol. The molecular formula is C78H152O17P2. The molecule has 0 aliphatic heterocycles. The van der Waals surface area contributed by atoms with E-state index in [0.29, 0.717) is 25.7 Å². The van der Waals surface area contributed by atoms with E-state index < -0.39 is 97.5 Å². The van der Waals surface area contributed by atoms with Gasteiger partial charge in [0.1, 0.15) is 19.3 Å². The fourth-order valence-corrected chi connectivity index (χ4v) is 13.6. The molecule has 19 heteroatoms. The van der Waals surface area contributed by atoms with Crippen LogP contribution in [0.4, 0.5) is 0 Å². The summed E-state index contributed by atoms with van der Waals surface area (Å²) in [5, 5.41) is 10.6. The Hall–Kier alpha value is -1.94. The Labute approximate surface area is 594 Å². The van der Waals surface area contributed by atoms with E-state index in [0.717, 1.165) is 102 Å². The number of phosphoric ester groups is 2. The standard InChI is InChI=1S/C78H152O17P2/c1-6-10-13-16-19-22-24-25-26-29-33-36-39-43-47-52-57-62-76(81)89-68-74(95-78(83)64-59-54-49-44-40-37-34-31-28-27-30-32-35-38-41-45-50-55-60-71(5)9-4)70-93-97(86,87)91-66-72(79)65-90-96(84,85)92-69-73(67-88-75(80)61-56-51-46-21-18-15-12-8-3)94-77(82)63-58-53-48-42-23-20-17-14-11-7-2/h71-74,79H,6-70H2,1-5H3,(H,84,85)(H,86,87)/t71?,72-,73+,74+/m0/s1. The molecule has 0 aliphatic rings. The second kappa shape index (κ2) is 71.1. The summed E-state index contributed by atoms with van der Waals surface area (Å²) in [6.45, 7) is 7.34. The number of hydrogen-bond donors (Lipinski definition) is 3. The van der Waals surface area contributed by atoms with Crippen LogP contribution in [0.5, 0.6) is 0 Å². The number of hydrogen-bond acceptors (Lipinski definition) is 15. The number of carbonyl (C=O) groups excluding carboxylic acids is 4. The van der Waals surface area contributed by atoms with Crippen molar-refractivity contribution in [3.63, 3.8) is 0 Å². The van der Waals surface area contributed by atoms with Crippen LogP contribution in [0.3, 0.4) is 0 Å². The van der Waals surface area contributed by atoms with Crippen molar-refractivity contribution in [2.45, 2.75) is 432 Å². The number of ether oxygens (including phenoxy) is 4. The second-order valence-corrected chi connectivity index (χ2v) is 31.3. The van der Waals surface area contributed by atoms with Crippen LogP contribution in [0.1, 0.15) is 413 Å². The predicted octanol–water partition coefficient (Wildman–Crippen LogP) is 23.3. The van der Waals surface area contributed by atoms with E-state index in [1.807, 2.05) is 0 Å². The number of aliphatic hydroxyl groups is 1. The summed E-state index contributed by atoms with van der Waals surface area (Å²) in [6, 6.07) is 0. The first-order valence-corrected chi connectivity index (χ1v) is 43.7. The minimum atomic E-state index is -4.96. The molecular weight excluding hydrogens is 1270 g/mol. The van der Waals surface area contributed by atoms with Crippen LogP contribution in [0.2, 0.25) is 0 Å². The van der Waals surface area contributed by atoms with Crippen molar-refractivity contribution >= 4 is 39.5 Å². The van der Waals surface area contributed by atoms with Crippen LogP contribution >= 0.6 is 15.6 Å². The molecule has 0 amide bonds. The molecule has 0 aromatic rings. The summed E-state index contributed by atoms with van der Waals surface area (Å²) in [5.41, 5.74) is 0. The highest BCUT2D eigenvalue weighted by Crippen LogP contribution is 2.45. The van der Waals surface area contributed by atoms with E-state index >= 15 is 0 Å². The third-order valence-electron chi connectivity index (χ3n) is 18.6. The van der Waals surface area contributed by atoms with Gasteiger partial charge in [-0.05, 0) is 31.6 Å². The minimum Gasteiger partial charge on any atom is -0.462 e. The van der Waals surface area contributed by atoms with Crippen molar-refractivity contribution < 1.29 is 80.2 Å². The number of unbranched alkanes of at least 4 members (excludes halogenated alkanes) is 49. The molecule has 0 aromatic heterocycles. The fraction of sp³-hybridized carbons (Fsp3) is 0.949. The largest absolute Gasteiger partial charge is 0.472 e. The van der Waals surface area contributed by atoms with Crippen molar-refractivity contribution in [3.05, 3.63) is 0 Å². The molecule has 0 bridgehead atoms. The van der Waals surface area contributed by atoms with Gasteiger partial charge < -0.3 is 33.8 Å². The van der Waals surface area contributed by atoms with Gasteiger partial charge in [-0.2, -0.15) is 0 Å². The van der Waals surface area contributed by atoms with Gasteiger partial charge in [-0.25, -0.2) is 9.13 Å². The molecule has 0 aromatic carbocycles. The van der Waals surface area contributed by atoms with Gasteiger partial charge in [0.25, 0.3) is 0 Å². The summed E-state index contributed by atoms with van der Waals surface area (Å²) in [5.74, 6) is -1.24. The molecule has 0 radical (unpaired) electrons. The highest BCUT2D eigenvalue weighted by atomic mass is 31.2. The summed E-state index contributed by atoms with van der Waals surface area (Å²) < 4.78 is 68.5. The molecule has 3 N–H and O–H groups in total. The van der Waals surface area contributed by atoms with Crippen molar-refractivity contribution in [1.29, 1.82) is 0 Å². The van der Waals surface area contributed by atoms with Crippen molar-refractivity contribution in [2.75, 3.05) is 39.6 Å². The highest BCUT2D eigenvalue weighted by Gasteiger charge is 2.30. The first-order valence-electron chi connectivity index (χ1n) is 40.7. The maximum absolute atomic E-state index is 13.1. The molecule has 0 rings (SSSR count). The number of rotatable bonds is 78. The minimum absolute atomic E-state index is 0.107. The third kappa shape index (κ3) is 70.9. The van der Waals surface area contributed by atoms with Crippen molar-refractivity contribution in [1.82, 2.24) is 0 Å². The normalized spacial score (nSPS) is 14.2. The van der Waals surface area contributed by atoms with Gasteiger partial charge in [0, 0.05) is 25.7 Å². The van der Waals surface area contributed by atoms with Crippen LogP contribution in [-0.2, 0) is 65.4 Å². The molecule has 0 saturated carbocycles. The Morgan fingerprint density at radius 2 is 0.495 bits per heavy atom. The lowest BCUT2D eigenvalue weighted by Crippen LogP contribution is -2.30. The van der Waals surface area contributed by atoms with E-state index in [2.05, 4.69) is 34.6 Å². The number of esters is 4. The quantitative estimate of drug-likeness (QED) is 0.0222. The summed E-state index contributed by atoms with van der Waals surface area (Å²) in [6.07, 6.45) is 61.2. The third-order valence-corrected chi connectivity index (χ3v) is 20.5. The van der Waals surface area contributed by atoms with Gasteiger partial charge >= 0.3 is 39.5 Å². The smallest absolute Gasteiger partial charge is 0.462 e. The Morgan fingerprint density at radius 3 is 0.732 bits per heavy atom. The lowest BCUT2D eigenvalue weighted by atomic mass is 9.99. The lowest BCUT2D eigenvalue weighted by molar-refractivity contribution is -0.161. The number of carbonyl (C=O) groups is 4. The molecule has 576 valence electrons. The SMILES string of the molecule is CCCCCCCCCCCCCCCCCCCC(=O)OC[C@H](COP(=O)(O)OC[C@@H](O)COP(=O)(O)OC[C@@H](COC(=O)CCCCCCCCCC)OC(=O)CCCCCCCCCCCC)OC(=O)CCCCCCCCCCCCCCCCCCCCC(C)CC. The zero-order valence-corrected chi connectivity index (χ0v) is 65.0. The second-order valence-electron chi connectivity index (χ2n) is 28.3. The maximum atomic E-state index is 13.1. The summed E-state index contributed by atoms with van der Waals surface area (Å²) in [7, 11) is -9.91. The molecule has 97 heavy (non-hydrogen) atoms. The molecule has 0 aliphatic carbocycles. The molecule has 17 nitrogen and oxygen atoms in total. The zero-order valence-electron chi connectivity index (χ0n) is 63.2. The van der Waals surface area contributed by atoms with Crippen LogP contribution in [0.25, 0.3) is 0 Å². The zero-order chi connectivity index (χ0) is 71.2. The van der Waals surface area contributed by atoms with Crippen LogP contribution in [0, 0.1) is 5.92 Å². The van der Waals surface area contributed by atoms with E-state index in [1.54, 1.807) is 0 Å². The maximum Gasteiger partial charge on any atom is 0.472 e. The van der Waals surface area contributed by atoms with Crippen molar-refractivity contribution in [2.24, 2.45) is 5.92 Å². The first-order chi connectivity index (χ1) is 47.1. The number of aliphatic hydroxyl groups excluding tert-OH is 1. The number of phosphoric acid groups is 2. The Bertz CT molecular complexity index is 1860. The first kappa shape index (κ1) is 95.1. The van der Waals surface area contributed by atoms with E-state index in [9.17, 15) is 43.2 Å². The average Bonchev–Trinajstić information content (AvgIpc) is 1.02. The Kier molecular flexibility index (Phi) is 69.6. The van der Waals surface area contributed by atoms with E-state index in [-0.39, 0.29) is 25.7 Å². The molecule has 3 unspecified atom stereocenters. The monoisotopic (exact) mass is 1420 g/mol. The lowest BCUT2D eigenvalue weighted by Gasteiger charge is -2.21. The van der Waals surface area contributed by atoms with Gasteiger partial charge in [-0.15, -0.1) is 0 Å². The van der Waals surface area contributed by atoms with Gasteiger partial charge in [-0.1, -0.05) is 362 Å². The summed E-state index contributed by atoms with van der Waals surface area (Å²) in [4.78, 5) is 72.7. The fourth-order valence-electron chi connectivity index (χ4n) is 12.0. The van der Waals surface area contributed by atoms with Gasteiger partial charge in [0.2, 0.25) is 0 Å². The molecule has 0 saturated heterocycles. The summed E-state index contributed by atoms with van der Waals surface area (Å²) >= 11 is 0. The molecule has 0 fully saturated rings. The van der Waals surface area contributed by atoms with Gasteiger partial charge in [0.05, 0.1) is 26.4 Å². The molecule has 0 heterocycles.